The molecule has 1 aromatic carbocycles. The number of hydrogen-bond acceptors (Lipinski definition) is 7. The molecular weight excluding hydrogens is 467 g/mol. The van der Waals surface area contributed by atoms with Crippen LogP contribution < -0.4 is 0 Å². The van der Waals surface area contributed by atoms with Crippen LogP contribution in [0.15, 0.2) is 30.9 Å². The minimum atomic E-state index is -1.46. The van der Waals surface area contributed by atoms with Crippen LogP contribution in [-0.2, 0) is 19.8 Å². The van der Waals surface area contributed by atoms with Crippen LogP contribution in [0.3, 0.4) is 0 Å². The fourth-order valence-electron chi connectivity index (χ4n) is 4.24. The van der Waals surface area contributed by atoms with Crippen molar-refractivity contribution in [3.05, 3.63) is 51.6 Å². The number of hydrogen-bond donors (Lipinski definition) is 1. The van der Waals surface area contributed by atoms with Crippen LogP contribution in [0, 0.1) is 0 Å². The highest BCUT2D eigenvalue weighted by atomic mass is 35.5. The summed E-state index contributed by atoms with van der Waals surface area (Å²) in [6.45, 7) is 5.28. The Balaban J connectivity index is 1.58. The number of aromatic nitrogens is 4. The van der Waals surface area contributed by atoms with E-state index in [9.17, 15) is 5.11 Å². The normalized spacial score (nSPS) is 29.3. The van der Waals surface area contributed by atoms with Gasteiger partial charge in [0.15, 0.2) is 22.8 Å². The number of fused-ring (bicyclic) bond motifs is 2. The van der Waals surface area contributed by atoms with Gasteiger partial charge >= 0.3 is 0 Å². The predicted molar refractivity (Wildman–Crippen MR) is 114 cm³/mol. The minimum absolute atomic E-state index is 0.238. The van der Waals surface area contributed by atoms with Gasteiger partial charge in [0.2, 0.25) is 0 Å². The Morgan fingerprint density at radius 2 is 1.81 bits per heavy atom. The van der Waals surface area contributed by atoms with Crippen molar-refractivity contribution in [2.24, 2.45) is 0 Å². The van der Waals surface area contributed by atoms with Gasteiger partial charge in [-0.15, -0.1) is 0 Å². The van der Waals surface area contributed by atoms with Gasteiger partial charge in [0.05, 0.1) is 16.4 Å². The maximum absolute atomic E-state index is 11.6. The molecule has 2 aliphatic rings. The fourth-order valence-corrected chi connectivity index (χ4v) is 4.71. The molecule has 5 rings (SSSR count). The molecule has 164 valence electrons. The highest BCUT2D eigenvalue weighted by Crippen LogP contribution is 2.49. The molecule has 3 aromatic rings. The lowest BCUT2D eigenvalue weighted by Gasteiger charge is -2.34. The van der Waals surface area contributed by atoms with Gasteiger partial charge in [-0.05, 0) is 38.5 Å². The van der Waals surface area contributed by atoms with Gasteiger partial charge in [-0.25, -0.2) is 15.0 Å². The Morgan fingerprint density at radius 1 is 1.06 bits per heavy atom. The van der Waals surface area contributed by atoms with E-state index in [1.54, 1.807) is 36.0 Å². The minimum Gasteiger partial charge on any atom is -0.383 e. The molecule has 2 saturated heterocycles. The van der Waals surface area contributed by atoms with Crippen LogP contribution in [0.4, 0.5) is 0 Å². The highest BCUT2D eigenvalue weighted by Gasteiger charge is 2.60. The molecule has 0 unspecified atom stereocenters. The van der Waals surface area contributed by atoms with E-state index in [0.29, 0.717) is 26.8 Å². The van der Waals surface area contributed by atoms with Gasteiger partial charge in [0.25, 0.3) is 0 Å². The van der Waals surface area contributed by atoms with E-state index >= 15 is 0 Å². The summed E-state index contributed by atoms with van der Waals surface area (Å²) in [6.07, 6.45) is 0.379. The molecule has 2 fully saturated rings. The quantitative estimate of drug-likeness (QED) is 0.558. The molecule has 4 heterocycles. The maximum atomic E-state index is 11.6. The van der Waals surface area contributed by atoms with E-state index in [2.05, 4.69) is 15.0 Å². The van der Waals surface area contributed by atoms with Crippen molar-refractivity contribution in [3.8, 4) is 0 Å². The molecule has 8 nitrogen and oxygen atoms in total. The Bertz CT molecular complexity index is 1170. The van der Waals surface area contributed by atoms with E-state index in [-0.39, 0.29) is 5.15 Å². The third-order valence-corrected chi connectivity index (χ3v) is 6.69. The molecule has 0 radical (unpaired) electrons. The second-order valence-corrected chi connectivity index (χ2v) is 9.45. The van der Waals surface area contributed by atoms with Crippen LogP contribution in [0.2, 0.25) is 15.2 Å². The average molecular weight is 486 g/mol. The molecule has 31 heavy (non-hydrogen) atoms. The van der Waals surface area contributed by atoms with Crippen LogP contribution in [-0.4, -0.2) is 48.7 Å². The molecule has 2 aliphatic heterocycles. The summed E-state index contributed by atoms with van der Waals surface area (Å²) in [5, 5.41) is 12.5. The first kappa shape index (κ1) is 21.3. The lowest BCUT2D eigenvalue weighted by atomic mass is 9.87. The van der Waals surface area contributed by atoms with E-state index in [1.165, 1.54) is 6.33 Å². The second-order valence-electron chi connectivity index (χ2n) is 8.28. The smallest absolute Gasteiger partial charge is 0.167 e. The molecule has 0 amide bonds. The Morgan fingerprint density at radius 3 is 2.55 bits per heavy atom. The van der Waals surface area contributed by atoms with Gasteiger partial charge < -0.3 is 19.3 Å². The van der Waals surface area contributed by atoms with Crippen molar-refractivity contribution in [2.45, 2.75) is 56.7 Å². The Hall–Kier alpha value is -1.52. The Labute approximate surface area is 193 Å². The monoisotopic (exact) mass is 484 g/mol. The number of halogens is 3. The standard InChI is InChI=1S/C20H19Cl3N4O4/c1-19(2)30-13-14(31-19)18(27-8-26-12-16(23)24-7-25-17(12)27)29-15(13)20(3,28)9-4-5-10(21)11(22)6-9/h4-8,13-15,18,28H,1-3H3/t13-,14+,15-,18+,20-/m0/s1. The van der Waals surface area contributed by atoms with E-state index < -0.39 is 35.9 Å². The van der Waals surface area contributed by atoms with Crippen molar-refractivity contribution >= 4 is 46.0 Å². The molecular formula is C20H19Cl3N4O4. The van der Waals surface area contributed by atoms with E-state index in [1.807, 2.05) is 13.8 Å². The van der Waals surface area contributed by atoms with Crippen molar-refractivity contribution in [2.75, 3.05) is 0 Å². The summed E-state index contributed by atoms with van der Waals surface area (Å²) in [5.41, 5.74) is 0.0214. The summed E-state index contributed by atoms with van der Waals surface area (Å²) in [5.74, 6) is -0.869. The molecule has 2 aromatic heterocycles. The third-order valence-electron chi connectivity index (χ3n) is 5.68. The number of nitrogens with zero attached hydrogens (tertiary/aromatic N) is 4. The fraction of sp³-hybridized carbons (Fsp3) is 0.450. The highest BCUT2D eigenvalue weighted by molar-refractivity contribution is 6.42. The number of benzene rings is 1. The average Bonchev–Trinajstić information content (AvgIpc) is 3.35. The predicted octanol–water partition coefficient (Wildman–Crippen LogP) is 4.11. The van der Waals surface area contributed by atoms with Gasteiger partial charge in [-0.3, -0.25) is 4.57 Å². The van der Waals surface area contributed by atoms with Gasteiger partial charge in [0, 0.05) is 0 Å². The van der Waals surface area contributed by atoms with E-state index in [0.717, 1.165) is 0 Å². The van der Waals surface area contributed by atoms with Gasteiger partial charge in [-0.2, -0.15) is 0 Å². The lowest BCUT2D eigenvalue weighted by Crippen LogP contribution is -2.45. The molecule has 5 atom stereocenters. The van der Waals surface area contributed by atoms with Gasteiger partial charge in [0.1, 0.15) is 35.8 Å². The van der Waals surface area contributed by atoms with Crippen LogP contribution in [0.25, 0.3) is 11.2 Å². The van der Waals surface area contributed by atoms with Crippen molar-refractivity contribution < 1.29 is 19.3 Å². The van der Waals surface area contributed by atoms with Crippen LogP contribution >= 0.6 is 34.8 Å². The SMILES string of the molecule is CC1(C)O[C@@H]2[C@H](O1)[C@@H]([C@@](C)(O)c1ccc(Cl)c(Cl)c1)O[C@H]2n1cnc2c(Cl)ncnc21. The number of aliphatic hydroxyl groups is 1. The van der Waals surface area contributed by atoms with Gasteiger partial charge in [-0.1, -0.05) is 40.9 Å². The summed E-state index contributed by atoms with van der Waals surface area (Å²) in [6, 6.07) is 4.96. The molecule has 0 saturated carbocycles. The molecule has 0 bridgehead atoms. The summed E-state index contributed by atoms with van der Waals surface area (Å²) in [4.78, 5) is 12.6. The largest absolute Gasteiger partial charge is 0.383 e. The first-order valence-electron chi connectivity index (χ1n) is 9.60. The second kappa shape index (κ2) is 7.25. The zero-order chi connectivity index (χ0) is 22.1. The number of rotatable bonds is 3. The van der Waals surface area contributed by atoms with E-state index in [4.69, 9.17) is 49.0 Å². The summed E-state index contributed by atoms with van der Waals surface area (Å²) >= 11 is 18.4. The molecule has 0 aliphatic carbocycles. The first-order chi connectivity index (χ1) is 14.6. The first-order valence-corrected chi connectivity index (χ1v) is 10.7. The Kier molecular flexibility index (Phi) is 4.99. The molecule has 11 heteroatoms. The summed E-state index contributed by atoms with van der Waals surface area (Å²) < 4.78 is 20.4. The van der Waals surface area contributed by atoms with Crippen molar-refractivity contribution in [3.63, 3.8) is 0 Å². The maximum Gasteiger partial charge on any atom is 0.167 e. The molecule has 0 spiro atoms. The summed E-state index contributed by atoms with van der Waals surface area (Å²) in [7, 11) is 0. The van der Waals surface area contributed by atoms with Crippen molar-refractivity contribution in [1.29, 1.82) is 0 Å². The van der Waals surface area contributed by atoms with Crippen molar-refractivity contribution in [1.82, 2.24) is 19.5 Å². The third kappa shape index (κ3) is 3.41. The topological polar surface area (TPSA) is 91.5 Å². The molecule has 1 N–H and O–H groups in total. The van der Waals surface area contributed by atoms with Crippen LogP contribution in [0.5, 0.6) is 0 Å². The number of imidazole rings is 1. The zero-order valence-electron chi connectivity index (χ0n) is 16.8. The van der Waals surface area contributed by atoms with Crippen LogP contribution in [0.1, 0.15) is 32.6 Å². The number of ether oxygens (including phenoxy) is 3. The lowest BCUT2D eigenvalue weighted by molar-refractivity contribution is -0.221. The zero-order valence-corrected chi connectivity index (χ0v) is 19.1.